The number of hydrogen-bond acceptors (Lipinski definition) is 4. The highest BCUT2D eigenvalue weighted by atomic mass is 35.5. The summed E-state index contributed by atoms with van der Waals surface area (Å²) in [5, 5.41) is 3.53. The third-order valence-electron chi connectivity index (χ3n) is 5.09. The van der Waals surface area contributed by atoms with E-state index in [1.807, 2.05) is 0 Å². The van der Waals surface area contributed by atoms with E-state index in [-0.39, 0.29) is 12.4 Å². The first-order valence-corrected chi connectivity index (χ1v) is 9.27. The summed E-state index contributed by atoms with van der Waals surface area (Å²) in [5.41, 5.74) is 2.94. The number of hydrogen-bond donors (Lipinski definition) is 1. The zero-order chi connectivity index (χ0) is 16.1. The van der Waals surface area contributed by atoms with Crippen LogP contribution in [0.5, 0.6) is 0 Å². The second kappa shape index (κ2) is 9.62. The number of benzene rings is 1. The standard InChI is InChI=1S/C19H32N4.ClH/c1-3-9-21-11-13-23(14-12-21)19-7-5-4-6-18(19)16-22-10-8-20-17(2)15-22;/h4-7,17,20H,3,8-16H2,1-2H3;1H. The van der Waals surface area contributed by atoms with Crippen molar-refractivity contribution in [2.24, 2.45) is 0 Å². The van der Waals surface area contributed by atoms with Gasteiger partial charge in [-0.1, -0.05) is 25.1 Å². The van der Waals surface area contributed by atoms with E-state index >= 15 is 0 Å². The maximum absolute atomic E-state index is 3.53. The molecule has 2 heterocycles. The maximum Gasteiger partial charge on any atom is 0.0412 e. The van der Waals surface area contributed by atoms with Crippen LogP contribution in [0, 0.1) is 0 Å². The van der Waals surface area contributed by atoms with Crippen molar-refractivity contribution in [1.29, 1.82) is 0 Å². The van der Waals surface area contributed by atoms with Crippen LogP contribution in [-0.4, -0.2) is 68.2 Å². The van der Waals surface area contributed by atoms with Gasteiger partial charge in [0.1, 0.15) is 0 Å². The van der Waals surface area contributed by atoms with Gasteiger partial charge in [-0.25, -0.2) is 0 Å². The third kappa shape index (κ3) is 5.09. The van der Waals surface area contributed by atoms with Gasteiger partial charge in [0.05, 0.1) is 0 Å². The first kappa shape index (κ1) is 19.5. The van der Waals surface area contributed by atoms with Crippen LogP contribution >= 0.6 is 12.4 Å². The molecule has 3 rings (SSSR count). The van der Waals surface area contributed by atoms with Gasteiger partial charge in [0, 0.05) is 64.1 Å². The van der Waals surface area contributed by atoms with Gasteiger partial charge in [0.25, 0.3) is 0 Å². The second-order valence-electron chi connectivity index (χ2n) is 7.05. The van der Waals surface area contributed by atoms with Gasteiger partial charge >= 0.3 is 0 Å². The number of piperazine rings is 2. The molecule has 1 aromatic carbocycles. The monoisotopic (exact) mass is 352 g/mol. The van der Waals surface area contributed by atoms with Crippen LogP contribution in [0.2, 0.25) is 0 Å². The molecule has 0 spiro atoms. The minimum atomic E-state index is 0. The van der Waals surface area contributed by atoms with Crippen LogP contribution in [0.15, 0.2) is 24.3 Å². The lowest BCUT2D eigenvalue weighted by Crippen LogP contribution is -2.49. The summed E-state index contributed by atoms with van der Waals surface area (Å²) >= 11 is 0. The van der Waals surface area contributed by atoms with Crippen molar-refractivity contribution in [2.75, 3.05) is 57.3 Å². The first-order chi connectivity index (χ1) is 11.3. The molecule has 1 aromatic rings. The minimum Gasteiger partial charge on any atom is -0.369 e. The predicted octanol–water partition coefficient (Wildman–Crippen LogP) is 2.43. The van der Waals surface area contributed by atoms with Gasteiger partial charge in [-0.3, -0.25) is 9.80 Å². The molecule has 4 nitrogen and oxygen atoms in total. The zero-order valence-corrected chi connectivity index (χ0v) is 16.0. The smallest absolute Gasteiger partial charge is 0.0412 e. The Morgan fingerprint density at radius 2 is 1.79 bits per heavy atom. The molecule has 2 fully saturated rings. The predicted molar refractivity (Wildman–Crippen MR) is 105 cm³/mol. The van der Waals surface area contributed by atoms with Crippen molar-refractivity contribution >= 4 is 18.1 Å². The summed E-state index contributed by atoms with van der Waals surface area (Å²) in [5.74, 6) is 0. The quantitative estimate of drug-likeness (QED) is 0.878. The van der Waals surface area contributed by atoms with Crippen LogP contribution in [-0.2, 0) is 6.54 Å². The molecule has 136 valence electrons. The van der Waals surface area contributed by atoms with Gasteiger partial charge in [0.15, 0.2) is 0 Å². The van der Waals surface area contributed by atoms with Crippen molar-refractivity contribution in [3.05, 3.63) is 29.8 Å². The fourth-order valence-electron chi connectivity index (χ4n) is 3.88. The number of nitrogens with zero attached hydrogens (tertiary/aromatic N) is 3. The molecule has 5 heteroatoms. The lowest BCUT2D eigenvalue weighted by molar-refractivity contribution is 0.199. The maximum atomic E-state index is 3.53. The Labute approximate surface area is 153 Å². The summed E-state index contributed by atoms with van der Waals surface area (Å²) in [4.78, 5) is 7.78. The summed E-state index contributed by atoms with van der Waals surface area (Å²) in [7, 11) is 0. The van der Waals surface area contributed by atoms with E-state index in [1.165, 1.54) is 37.3 Å². The van der Waals surface area contributed by atoms with E-state index in [4.69, 9.17) is 0 Å². The number of rotatable bonds is 5. The van der Waals surface area contributed by atoms with Crippen LogP contribution in [0.4, 0.5) is 5.69 Å². The minimum absolute atomic E-state index is 0. The molecule has 1 unspecified atom stereocenters. The van der Waals surface area contributed by atoms with Crippen LogP contribution < -0.4 is 10.2 Å². The van der Waals surface area contributed by atoms with E-state index < -0.39 is 0 Å². The molecule has 0 aliphatic carbocycles. The number of nitrogens with one attached hydrogen (secondary N) is 1. The van der Waals surface area contributed by atoms with Crippen molar-refractivity contribution in [2.45, 2.75) is 32.9 Å². The molecule has 1 N–H and O–H groups in total. The summed E-state index contributed by atoms with van der Waals surface area (Å²) in [6.45, 7) is 15.0. The van der Waals surface area contributed by atoms with Gasteiger partial charge < -0.3 is 10.2 Å². The number of halogens is 1. The highest BCUT2D eigenvalue weighted by molar-refractivity contribution is 5.85. The van der Waals surface area contributed by atoms with Crippen molar-refractivity contribution in [1.82, 2.24) is 15.1 Å². The van der Waals surface area contributed by atoms with Crippen LogP contribution in [0.25, 0.3) is 0 Å². The summed E-state index contributed by atoms with van der Waals surface area (Å²) in [6.07, 6.45) is 1.26. The molecule has 1 atom stereocenters. The molecule has 0 radical (unpaired) electrons. The highest BCUT2D eigenvalue weighted by Crippen LogP contribution is 2.23. The second-order valence-corrected chi connectivity index (χ2v) is 7.05. The zero-order valence-electron chi connectivity index (χ0n) is 15.2. The van der Waals surface area contributed by atoms with E-state index in [9.17, 15) is 0 Å². The Balaban J connectivity index is 0.00000208. The van der Waals surface area contributed by atoms with Crippen molar-refractivity contribution in [3.8, 4) is 0 Å². The van der Waals surface area contributed by atoms with Gasteiger partial charge in [-0.15, -0.1) is 12.4 Å². The van der Waals surface area contributed by atoms with E-state index in [0.29, 0.717) is 6.04 Å². The van der Waals surface area contributed by atoms with E-state index in [1.54, 1.807) is 0 Å². The summed E-state index contributed by atoms with van der Waals surface area (Å²) in [6, 6.07) is 9.63. The molecule has 2 saturated heterocycles. The lowest BCUT2D eigenvalue weighted by atomic mass is 10.1. The molecule has 0 aromatic heterocycles. The van der Waals surface area contributed by atoms with E-state index in [2.05, 4.69) is 58.1 Å². The van der Waals surface area contributed by atoms with Crippen molar-refractivity contribution in [3.63, 3.8) is 0 Å². The average molecular weight is 353 g/mol. The largest absolute Gasteiger partial charge is 0.369 e. The average Bonchev–Trinajstić information content (AvgIpc) is 2.57. The third-order valence-corrected chi connectivity index (χ3v) is 5.09. The van der Waals surface area contributed by atoms with Crippen LogP contribution in [0.3, 0.4) is 0 Å². The molecule has 2 aliphatic rings. The topological polar surface area (TPSA) is 21.8 Å². The Bertz CT molecular complexity index is 488. The Morgan fingerprint density at radius 3 is 2.50 bits per heavy atom. The SMILES string of the molecule is CCCN1CCN(c2ccccc2CN2CCNC(C)C2)CC1.Cl. The van der Waals surface area contributed by atoms with Crippen molar-refractivity contribution < 1.29 is 0 Å². The number of para-hydroxylation sites is 1. The first-order valence-electron chi connectivity index (χ1n) is 9.27. The molecule has 0 saturated carbocycles. The Hall–Kier alpha value is -0.810. The molecule has 24 heavy (non-hydrogen) atoms. The van der Waals surface area contributed by atoms with Gasteiger partial charge in [-0.05, 0) is 31.5 Å². The summed E-state index contributed by atoms with van der Waals surface area (Å²) < 4.78 is 0. The molecular formula is C19H33ClN4. The highest BCUT2D eigenvalue weighted by Gasteiger charge is 2.21. The number of anilines is 1. The van der Waals surface area contributed by atoms with Gasteiger partial charge in [-0.2, -0.15) is 0 Å². The van der Waals surface area contributed by atoms with E-state index in [0.717, 1.165) is 39.3 Å². The molecular weight excluding hydrogens is 320 g/mol. The Morgan fingerprint density at radius 1 is 1.04 bits per heavy atom. The van der Waals surface area contributed by atoms with Crippen LogP contribution in [0.1, 0.15) is 25.8 Å². The van der Waals surface area contributed by atoms with Gasteiger partial charge in [0.2, 0.25) is 0 Å². The fraction of sp³-hybridized carbons (Fsp3) is 0.684. The molecule has 0 amide bonds. The fourth-order valence-corrected chi connectivity index (χ4v) is 3.88. The molecule has 2 aliphatic heterocycles. The normalized spacial score (nSPS) is 23.1. The molecule has 0 bridgehead atoms. The lowest BCUT2D eigenvalue weighted by Gasteiger charge is -2.38. The Kier molecular flexibility index (Phi) is 7.82.